The van der Waals surface area contributed by atoms with E-state index in [4.69, 9.17) is 16.3 Å². The van der Waals surface area contributed by atoms with Crippen molar-refractivity contribution in [1.82, 2.24) is 9.80 Å². The predicted octanol–water partition coefficient (Wildman–Crippen LogP) is 1.89. The molecule has 1 saturated heterocycles. The van der Waals surface area contributed by atoms with E-state index in [9.17, 15) is 0 Å². The number of hydrogen-bond donors (Lipinski definition) is 0. The first-order valence-electron chi connectivity index (χ1n) is 5.60. The molecule has 0 unspecified atom stereocenters. The minimum Gasteiger partial charge on any atom is -0.493 e. The van der Waals surface area contributed by atoms with E-state index in [-0.39, 0.29) is 0 Å². The van der Waals surface area contributed by atoms with Gasteiger partial charge in [-0.1, -0.05) is 11.6 Å². The van der Waals surface area contributed by atoms with Gasteiger partial charge in [-0.25, -0.2) is 4.99 Å². The zero-order valence-electron chi connectivity index (χ0n) is 10.7. The minimum atomic E-state index is 0.664. The SMILES string of the molecule is C=N/C(=C(\C=C(/C)Cl)OC)N1CCN(C)CC1. The van der Waals surface area contributed by atoms with Crippen LogP contribution in [0.4, 0.5) is 0 Å². The van der Waals surface area contributed by atoms with Crippen LogP contribution in [0, 0.1) is 0 Å². The maximum absolute atomic E-state index is 5.87. The number of aliphatic imine (C=N–C) groups is 1. The maximum Gasteiger partial charge on any atom is 0.170 e. The van der Waals surface area contributed by atoms with Gasteiger partial charge in [-0.15, -0.1) is 0 Å². The van der Waals surface area contributed by atoms with Crippen LogP contribution in [0.1, 0.15) is 6.92 Å². The summed E-state index contributed by atoms with van der Waals surface area (Å²) >= 11 is 5.87. The van der Waals surface area contributed by atoms with Gasteiger partial charge in [0.15, 0.2) is 11.6 Å². The third-order valence-electron chi connectivity index (χ3n) is 2.72. The fourth-order valence-corrected chi connectivity index (χ4v) is 1.85. The smallest absolute Gasteiger partial charge is 0.170 e. The molecule has 0 amide bonds. The summed E-state index contributed by atoms with van der Waals surface area (Å²) in [5.74, 6) is 1.43. The van der Waals surface area contributed by atoms with Crippen LogP contribution in [-0.2, 0) is 4.74 Å². The summed E-state index contributed by atoms with van der Waals surface area (Å²) in [5.41, 5.74) is 0. The van der Waals surface area contributed by atoms with Gasteiger partial charge in [-0.2, -0.15) is 0 Å². The molecule has 17 heavy (non-hydrogen) atoms. The third-order valence-corrected chi connectivity index (χ3v) is 2.83. The largest absolute Gasteiger partial charge is 0.493 e. The van der Waals surface area contributed by atoms with Crippen LogP contribution in [0.3, 0.4) is 0 Å². The number of hydrogen-bond acceptors (Lipinski definition) is 4. The highest BCUT2D eigenvalue weighted by atomic mass is 35.5. The Morgan fingerprint density at radius 2 is 1.94 bits per heavy atom. The minimum absolute atomic E-state index is 0.664. The summed E-state index contributed by atoms with van der Waals surface area (Å²) in [6.45, 7) is 9.30. The predicted molar refractivity (Wildman–Crippen MR) is 72.3 cm³/mol. The normalized spacial score (nSPS) is 20.0. The summed E-state index contributed by atoms with van der Waals surface area (Å²) in [6.07, 6.45) is 1.77. The summed E-state index contributed by atoms with van der Waals surface area (Å²) in [4.78, 5) is 8.52. The van der Waals surface area contributed by atoms with Crippen LogP contribution >= 0.6 is 11.6 Å². The number of halogens is 1. The highest BCUT2D eigenvalue weighted by Gasteiger charge is 2.18. The van der Waals surface area contributed by atoms with Crippen LogP contribution in [0.2, 0.25) is 0 Å². The Morgan fingerprint density at radius 3 is 2.35 bits per heavy atom. The van der Waals surface area contributed by atoms with E-state index in [1.54, 1.807) is 13.2 Å². The van der Waals surface area contributed by atoms with Crippen molar-refractivity contribution in [3.8, 4) is 0 Å². The Labute approximate surface area is 108 Å². The third kappa shape index (κ3) is 4.06. The van der Waals surface area contributed by atoms with Gasteiger partial charge < -0.3 is 14.5 Å². The maximum atomic E-state index is 5.87. The molecule has 96 valence electrons. The average Bonchev–Trinajstić information content (AvgIpc) is 2.30. The van der Waals surface area contributed by atoms with Crippen LogP contribution in [0.15, 0.2) is 27.7 Å². The molecular formula is C12H20ClN3O. The molecule has 0 bridgehead atoms. The Kier molecular flexibility index (Phi) is 5.51. The van der Waals surface area contributed by atoms with Crippen LogP contribution < -0.4 is 0 Å². The van der Waals surface area contributed by atoms with Crippen molar-refractivity contribution < 1.29 is 4.74 Å². The standard InChI is InChI=1S/C12H20ClN3O/c1-10(13)9-11(17-4)12(14-2)16-7-5-15(3)6-8-16/h9H,2,5-8H2,1,3-4H3/b10-9+,12-11-. The Bertz CT molecular complexity index is 327. The molecule has 1 heterocycles. The van der Waals surface area contributed by atoms with E-state index in [0.29, 0.717) is 10.8 Å². The quantitative estimate of drug-likeness (QED) is 0.437. The monoisotopic (exact) mass is 257 g/mol. The van der Waals surface area contributed by atoms with Crippen molar-refractivity contribution in [2.75, 3.05) is 40.3 Å². The molecule has 4 nitrogen and oxygen atoms in total. The molecule has 0 aromatic heterocycles. The Morgan fingerprint density at radius 1 is 1.35 bits per heavy atom. The average molecular weight is 258 g/mol. The first-order valence-corrected chi connectivity index (χ1v) is 5.98. The molecule has 1 fully saturated rings. The van der Waals surface area contributed by atoms with Gasteiger partial charge in [0.2, 0.25) is 0 Å². The van der Waals surface area contributed by atoms with Gasteiger partial charge in [0, 0.05) is 31.2 Å². The van der Waals surface area contributed by atoms with Gasteiger partial charge in [0.25, 0.3) is 0 Å². The van der Waals surface area contributed by atoms with Crippen molar-refractivity contribution in [2.24, 2.45) is 4.99 Å². The van der Waals surface area contributed by atoms with Crippen molar-refractivity contribution in [3.05, 3.63) is 22.7 Å². The Hall–Kier alpha value is -1.00. The number of methoxy groups -OCH3 is 1. The zero-order valence-corrected chi connectivity index (χ0v) is 11.5. The van der Waals surface area contributed by atoms with Crippen molar-refractivity contribution in [2.45, 2.75) is 6.92 Å². The second-order valence-corrected chi connectivity index (χ2v) is 4.67. The van der Waals surface area contributed by atoms with Crippen molar-refractivity contribution in [3.63, 3.8) is 0 Å². The second-order valence-electron chi connectivity index (χ2n) is 4.07. The first-order chi connectivity index (χ1) is 8.08. The molecular weight excluding hydrogens is 238 g/mol. The number of likely N-dealkylation sites (N-methyl/N-ethyl adjacent to an activating group) is 1. The van der Waals surface area contributed by atoms with Crippen LogP contribution in [0.25, 0.3) is 0 Å². The molecule has 0 spiro atoms. The number of piperazine rings is 1. The van der Waals surface area contributed by atoms with E-state index < -0.39 is 0 Å². The van der Waals surface area contributed by atoms with E-state index >= 15 is 0 Å². The fraction of sp³-hybridized carbons (Fsp3) is 0.583. The molecule has 1 aliphatic rings. The van der Waals surface area contributed by atoms with E-state index in [1.807, 2.05) is 6.92 Å². The molecule has 5 heteroatoms. The molecule has 1 rings (SSSR count). The summed E-state index contributed by atoms with van der Waals surface area (Å²) in [7, 11) is 3.73. The molecule has 0 aromatic carbocycles. The lowest BCUT2D eigenvalue weighted by Gasteiger charge is -2.34. The van der Waals surface area contributed by atoms with Gasteiger partial charge in [-0.05, 0) is 26.8 Å². The number of nitrogens with zero attached hydrogens (tertiary/aromatic N) is 3. The number of rotatable bonds is 4. The lowest BCUT2D eigenvalue weighted by Crippen LogP contribution is -2.43. The van der Waals surface area contributed by atoms with E-state index in [2.05, 4.69) is 28.6 Å². The molecule has 0 aromatic rings. The fourth-order valence-electron chi connectivity index (χ4n) is 1.75. The lowest BCUT2D eigenvalue weighted by molar-refractivity contribution is 0.174. The van der Waals surface area contributed by atoms with Crippen molar-refractivity contribution >= 4 is 18.3 Å². The van der Waals surface area contributed by atoms with E-state index in [0.717, 1.165) is 32.0 Å². The highest BCUT2D eigenvalue weighted by molar-refractivity contribution is 6.29. The molecule has 0 aliphatic carbocycles. The van der Waals surface area contributed by atoms with Crippen LogP contribution in [0.5, 0.6) is 0 Å². The number of allylic oxidation sites excluding steroid dienone is 2. The molecule has 0 N–H and O–H groups in total. The first kappa shape index (κ1) is 14.1. The van der Waals surface area contributed by atoms with Crippen LogP contribution in [-0.4, -0.2) is 56.9 Å². The molecule has 0 radical (unpaired) electrons. The summed E-state index contributed by atoms with van der Waals surface area (Å²) < 4.78 is 5.32. The molecule has 0 saturated carbocycles. The topological polar surface area (TPSA) is 28.1 Å². The molecule has 1 aliphatic heterocycles. The second kappa shape index (κ2) is 6.67. The zero-order chi connectivity index (χ0) is 12.8. The number of ether oxygens (including phenoxy) is 1. The van der Waals surface area contributed by atoms with Gasteiger partial charge in [0.1, 0.15) is 0 Å². The van der Waals surface area contributed by atoms with Gasteiger partial charge in [0.05, 0.1) is 7.11 Å². The lowest BCUT2D eigenvalue weighted by atomic mass is 10.3. The Balaban J connectivity index is 2.91. The van der Waals surface area contributed by atoms with Gasteiger partial charge in [-0.3, -0.25) is 0 Å². The highest BCUT2D eigenvalue weighted by Crippen LogP contribution is 2.18. The molecule has 0 atom stereocenters. The van der Waals surface area contributed by atoms with Crippen molar-refractivity contribution in [1.29, 1.82) is 0 Å². The summed E-state index contributed by atoms with van der Waals surface area (Å²) in [5, 5.41) is 0.664. The van der Waals surface area contributed by atoms with Gasteiger partial charge >= 0.3 is 0 Å². The van der Waals surface area contributed by atoms with E-state index in [1.165, 1.54) is 0 Å². The summed E-state index contributed by atoms with van der Waals surface area (Å²) in [6, 6.07) is 0.